The fourth-order valence-corrected chi connectivity index (χ4v) is 3.59. The molecule has 2 aromatic heterocycles. The van der Waals surface area contributed by atoms with Crippen LogP contribution < -0.4 is 16.2 Å². The van der Waals surface area contributed by atoms with Crippen molar-refractivity contribution in [2.45, 2.75) is 33.3 Å². The average Bonchev–Trinajstić information content (AvgIpc) is 2.90. The van der Waals surface area contributed by atoms with Crippen molar-refractivity contribution in [1.29, 1.82) is 0 Å². The van der Waals surface area contributed by atoms with Crippen LogP contribution in [0.4, 0.5) is 10.5 Å². The lowest BCUT2D eigenvalue weighted by molar-refractivity contribution is -0.114. The van der Waals surface area contributed by atoms with Gasteiger partial charge in [0.05, 0.1) is 16.8 Å². The molecule has 4 rings (SSSR count). The number of hydrogen-bond acceptors (Lipinski definition) is 6. The van der Waals surface area contributed by atoms with Gasteiger partial charge in [-0.3, -0.25) is 20.0 Å². The van der Waals surface area contributed by atoms with Crippen LogP contribution >= 0.6 is 0 Å². The van der Waals surface area contributed by atoms with Crippen molar-refractivity contribution in [2.24, 2.45) is 0 Å². The van der Waals surface area contributed by atoms with Crippen LogP contribution in [-0.2, 0) is 9.53 Å². The van der Waals surface area contributed by atoms with Gasteiger partial charge in [0.1, 0.15) is 5.60 Å². The van der Waals surface area contributed by atoms with Crippen LogP contribution in [0.15, 0.2) is 73.1 Å². The summed E-state index contributed by atoms with van der Waals surface area (Å²) >= 11 is 0. The number of aromatic nitrogens is 2. The van der Waals surface area contributed by atoms with Gasteiger partial charge >= 0.3 is 6.09 Å². The number of hydrogen-bond donors (Lipinski definition) is 3. The molecule has 3 N–H and O–H groups in total. The standard InChI is InChI=1S/C30H27N5O4/c1-19(36)32-23-13-9-21(10-14-23)6-5-20-7-11-22(12-8-20)27-17-24(25-18-31-16-15-26(25)33-27)28(37)34-35-29(38)39-30(2,3)4/h7-18H,1-4H3,(H,32,36)(H,34,37)(H,35,38). The summed E-state index contributed by atoms with van der Waals surface area (Å²) in [6.07, 6.45) is 2.38. The summed E-state index contributed by atoms with van der Waals surface area (Å²) in [6, 6.07) is 18.1. The first-order chi connectivity index (χ1) is 18.6. The zero-order valence-corrected chi connectivity index (χ0v) is 22.0. The molecule has 9 heteroatoms. The van der Waals surface area contributed by atoms with Crippen molar-refractivity contribution < 1.29 is 19.1 Å². The molecule has 0 aliphatic heterocycles. The van der Waals surface area contributed by atoms with Gasteiger partial charge in [-0.25, -0.2) is 15.2 Å². The molecule has 4 aromatic rings. The number of carbonyl (C=O) groups is 3. The summed E-state index contributed by atoms with van der Waals surface area (Å²) in [5.41, 5.74) is 8.52. The molecule has 0 aliphatic carbocycles. The minimum atomic E-state index is -0.770. The van der Waals surface area contributed by atoms with E-state index < -0.39 is 17.6 Å². The molecule has 9 nitrogen and oxygen atoms in total. The first-order valence-corrected chi connectivity index (χ1v) is 12.1. The van der Waals surface area contributed by atoms with E-state index in [4.69, 9.17) is 4.74 Å². The molecule has 39 heavy (non-hydrogen) atoms. The third kappa shape index (κ3) is 7.40. The van der Waals surface area contributed by atoms with Crippen molar-refractivity contribution in [3.05, 3.63) is 89.7 Å². The molecular weight excluding hydrogens is 494 g/mol. The number of benzene rings is 2. The van der Waals surface area contributed by atoms with Crippen molar-refractivity contribution >= 4 is 34.5 Å². The highest BCUT2D eigenvalue weighted by molar-refractivity contribution is 6.07. The third-order valence-corrected chi connectivity index (χ3v) is 5.27. The highest BCUT2D eigenvalue weighted by atomic mass is 16.6. The van der Waals surface area contributed by atoms with Crippen LogP contribution in [0.1, 0.15) is 49.2 Å². The van der Waals surface area contributed by atoms with E-state index in [-0.39, 0.29) is 5.91 Å². The average molecular weight is 522 g/mol. The van der Waals surface area contributed by atoms with E-state index in [1.165, 1.54) is 6.92 Å². The van der Waals surface area contributed by atoms with Gasteiger partial charge < -0.3 is 10.1 Å². The smallest absolute Gasteiger partial charge is 0.426 e. The summed E-state index contributed by atoms with van der Waals surface area (Å²) in [4.78, 5) is 44.9. The normalized spacial score (nSPS) is 10.7. The van der Waals surface area contributed by atoms with Crippen LogP contribution in [-0.4, -0.2) is 33.5 Å². The van der Waals surface area contributed by atoms with E-state index in [1.54, 1.807) is 57.4 Å². The summed E-state index contributed by atoms with van der Waals surface area (Å²) in [5.74, 6) is 5.56. The molecule has 196 valence electrons. The van der Waals surface area contributed by atoms with Gasteiger partial charge in [0.2, 0.25) is 5.91 Å². The number of rotatable bonds is 3. The number of carbonyl (C=O) groups excluding carboxylic acids is 3. The summed E-state index contributed by atoms with van der Waals surface area (Å²) in [6.45, 7) is 6.64. The summed E-state index contributed by atoms with van der Waals surface area (Å²) in [7, 11) is 0. The van der Waals surface area contributed by atoms with Gasteiger partial charge in [-0.15, -0.1) is 0 Å². The molecular formula is C30H27N5O4. The van der Waals surface area contributed by atoms with Crippen LogP contribution in [0.5, 0.6) is 0 Å². The first kappa shape index (κ1) is 26.8. The van der Waals surface area contributed by atoms with Crippen LogP contribution in [0.25, 0.3) is 22.2 Å². The first-order valence-electron chi connectivity index (χ1n) is 12.1. The second-order valence-electron chi connectivity index (χ2n) is 9.61. The second kappa shape index (κ2) is 11.4. The van der Waals surface area contributed by atoms with Gasteiger partial charge in [0, 0.05) is 47.1 Å². The van der Waals surface area contributed by atoms with Gasteiger partial charge in [-0.05, 0) is 69.3 Å². The lowest BCUT2D eigenvalue weighted by atomic mass is 10.0. The molecule has 0 atom stereocenters. The molecule has 0 bridgehead atoms. The molecule has 0 aliphatic rings. The van der Waals surface area contributed by atoms with E-state index in [9.17, 15) is 14.4 Å². The molecule has 0 fully saturated rings. The quantitative estimate of drug-likeness (QED) is 0.262. The Morgan fingerprint density at radius 3 is 2.13 bits per heavy atom. The fourth-order valence-electron chi connectivity index (χ4n) is 3.59. The molecule has 0 radical (unpaired) electrons. The van der Waals surface area contributed by atoms with Gasteiger partial charge in [0.15, 0.2) is 0 Å². The number of nitrogens with one attached hydrogen (secondary N) is 3. The molecule has 2 aromatic carbocycles. The Bertz CT molecular complexity index is 1600. The van der Waals surface area contributed by atoms with E-state index in [0.717, 1.165) is 16.7 Å². The van der Waals surface area contributed by atoms with E-state index in [0.29, 0.717) is 27.8 Å². The molecule has 0 saturated carbocycles. The second-order valence-corrected chi connectivity index (χ2v) is 9.61. The maximum Gasteiger partial charge on any atom is 0.426 e. The number of amides is 3. The number of ether oxygens (including phenoxy) is 1. The number of hydrazine groups is 1. The maximum atomic E-state index is 13.0. The van der Waals surface area contributed by atoms with Crippen molar-refractivity contribution in [3.63, 3.8) is 0 Å². The molecule has 3 amide bonds. The van der Waals surface area contributed by atoms with Crippen LogP contribution in [0, 0.1) is 11.8 Å². The lowest BCUT2D eigenvalue weighted by Gasteiger charge is -2.19. The van der Waals surface area contributed by atoms with Crippen LogP contribution in [0.3, 0.4) is 0 Å². The molecule has 0 unspecified atom stereocenters. The van der Waals surface area contributed by atoms with Gasteiger partial charge in [-0.1, -0.05) is 24.0 Å². The number of nitrogens with zero attached hydrogens (tertiary/aromatic N) is 2. The Hall–Kier alpha value is -5.23. The Morgan fingerprint density at radius 2 is 1.51 bits per heavy atom. The summed E-state index contributed by atoms with van der Waals surface area (Å²) in [5, 5.41) is 3.26. The molecule has 0 spiro atoms. The van der Waals surface area contributed by atoms with Gasteiger partial charge in [-0.2, -0.15) is 0 Å². The zero-order valence-electron chi connectivity index (χ0n) is 22.0. The SMILES string of the molecule is CC(=O)Nc1ccc(C#Cc2ccc(-c3cc(C(=O)NNC(=O)OC(C)(C)C)c4cnccc4n3)cc2)cc1. The largest absolute Gasteiger partial charge is 0.443 e. The Balaban J connectivity index is 1.54. The van der Waals surface area contributed by atoms with Crippen molar-refractivity contribution in [3.8, 4) is 23.1 Å². The van der Waals surface area contributed by atoms with E-state index in [2.05, 4.69) is 38.0 Å². The molecule has 0 saturated heterocycles. The van der Waals surface area contributed by atoms with Gasteiger partial charge in [0.25, 0.3) is 5.91 Å². The topological polar surface area (TPSA) is 122 Å². The Kier molecular flexibility index (Phi) is 7.87. The van der Waals surface area contributed by atoms with Crippen molar-refractivity contribution in [1.82, 2.24) is 20.8 Å². The predicted molar refractivity (Wildman–Crippen MR) is 149 cm³/mol. The molecule has 2 heterocycles. The third-order valence-electron chi connectivity index (χ3n) is 5.27. The van der Waals surface area contributed by atoms with E-state index in [1.807, 2.05) is 36.4 Å². The lowest BCUT2D eigenvalue weighted by Crippen LogP contribution is -2.44. The minimum absolute atomic E-state index is 0.128. The zero-order chi connectivity index (χ0) is 28.0. The Morgan fingerprint density at radius 1 is 0.872 bits per heavy atom. The maximum absolute atomic E-state index is 13.0. The number of pyridine rings is 2. The Labute approximate surface area is 226 Å². The predicted octanol–water partition coefficient (Wildman–Crippen LogP) is 4.82. The number of fused-ring (bicyclic) bond motifs is 1. The minimum Gasteiger partial charge on any atom is -0.443 e. The van der Waals surface area contributed by atoms with Crippen LogP contribution in [0.2, 0.25) is 0 Å². The highest BCUT2D eigenvalue weighted by Gasteiger charge is 2.18. The number of anilines is 1. The monoisotopic (exact) mass is 521 g/mol. The van der Waals surface area contributed by atoms with E-state index >= 15 is 0 Å². The summed E-state index contributed by atoms with van der Waals surface area (Å²) < 4.78 is 5.17. The fraction of sp³-hybridized carbons (Fsp3) is 0.167. The van der Waals surface area contributed by atoms with Crippen molar-refractivity contribution in [2.75, 3.05) is 5.32 Å². The highest BCUT2D eigenvalue weighted by Crippen LogP contribution is 2.25.